The molecule has 8 heteroatoms. The molecule has 1 atom stereocenters. The Morgan fingerprint density at radius 1 is 0.970 bits per heavy atom. The first kappa shape index (κ1) is 26.4. The molecule has 0 spiro atoms. The molecule has 2 aromatic rings. The third-order valence-corrected chi connectivity index (χ3v) is 5.34. The zero-order valence-corrected chi connectivity index (χ0v) is 20.4. The molecule has 0 bridgehead atoms. The lowest BCUT2D eigenvalue weighted by Crippen LogP contribution is -2.48. The van der Waals surface area contributed by atoms with Gasteiger partial charge >= 0.3 is 0 Å². The van der Waals surface area contributed by atoms with Gasteiger partial charge in [0, 0.05) is 6.54 Å². The Morgan fingerprint density at radius 2 is 1.70 bits per heavy atom. The van der Waals surface area contributed by atoms with Crippen molar-refractivity contribution in [2.45, 2.75) is 32.7 Å². The summed E-state index contributed by atoms with van der Waals surface area (Å²) in [5, 5.41) is 5.73. The molecule has 0 saturated carbocycles. The number of para-hydroxylation sites is 1. The van der Waals surface area contributed by atoms with Gasteiger partial charge in [0.2, 0.25) is 5.91 Å². The molecule has 33 heavy (non-hydrogen) atoms. The Morgan fingerprint density at radius 3 is 2.39 bits per heavy atom. The zero-order valence-electron chi connectivity index (χ0n) is 19.6. The molecule has 0 radical (unpaired) electrons. The SMILES string of the molecule is CCOc1ccc(CCNC(=O)C(CCSC)NC(=O)COc2ccccc2)cc1OCC. The predicted octanol–water partition coefficient (Wildman–Crippen LogP) is 3.46. The summed E-state index contributed by atoms with van der Waals surface area (Å²) in [4.78, 5) is 25.1. The molecular weight excluding hydrogens is 440 g/mol. The maximum atomic E-state index is 12.7. The van der Waals surface area contributed by atoms with Gasteiger partial charge in [-0.05, 0) is 68.5 Å². The predicted molar refractivity (Wildman–Crippen MR) is 132 cm³/mol. The number of hydrogen-bond acceptors (Lipinski definition) is 6. The van der Waals surface area contributed by atoms with E-state index < -0.39 is 6.04 Å². The molecule has 1 unspecified atom stereocenters. The van der Waals surface area contributed by atoms with Crippen LogP contribution in [0.25, 0.3) is 0 Å². The van der Waals surface area contributed by atoms with Crippen LogP contribution in [0.2, 0.25) is 0 Å². The number of carbonyl (C=O) groups excluding carboxylic acids is 2. The van der Waals surface area contributed by atoms with Crippen LogP contribution >= 0.6 is 11.8 Å². The van der Waals surface area contributed by atoms with Crippen LogP contribution < -0.4 is 24.8 Å². The Kier molecular flexibility index (Phi) is 12.0. The van der Waals surface area contributed by atoms with Crippen molar-refractivity contribution in [2.24, 2.45) is 0 Å². The van der Waals surface area contributed by atoms with Crippen molar-refractivity contribution in [1.29, 1.82) is 0 Å². The number of amides is 2. The third-order valence-electron chi connectivity index (χ3n) is 4.70. The van der Waals surface area contributed by atoms with Crippen molar-refractivity contribution in [3.8, 4) is 17.2 Å². The van der Waals surface area contributed by atoms with E-state index in [2.05, 4.69) is 10.6 Å². The van der Waals surface area contributed by atoms with Gasteiger partial charge in [0.25, 0.3) is 5.91 Å². The first-order valence-corrected chi connectivity index (χ1v) is 12.6. The van der Waals surface area contributed by atoms with Gasteiger partial charge in [-0.1, -0.05) is 24.3 Å². The van der Waals surface area contributed by atoms with Gasteiger partial charge in [0.05, 0.1) is 13.2 Å². The first-order chi connectivity index (χ1) is 16.1. The van der Waals surface area contributed by atoms with Crippen LogP contribution in [0.15, 0.2) is 48.5 Å². The standard InChI is InChI=1S/C25H34N2O5S/c1-4-30-22-12-11-19(17-23(22)31-5-2)13-15-26-25(29)21(14-16-33-3)27-24(28)18-32-20-9-7-6-8-10-20/h6-12,17,21H,4-5,13-16,18H2,1-3H3,(H,26,29)(H,27,28). The molecule has 7 nitrogen and oxygen atoms in total. The average molecular weight is 475 g/mol. The average Bonchev–Trinajstić information content (AvgIpc) is 2.83. The summed E-state index contributed by atoms with van der Waals surface area (Å²) in [7, 11) is 0. The Balaban J connectivity index is 1.87. The molecule has 2 rings (SSSR count). The van der Waals surface area contributed by atoms with Crippen LogP contribution in [0.3, 0.4) is 0 Å². The highest BCUT2D eigenvalue weighted by Crippen LogP contribution is 2.28. The van der Waals surface area contributed by atoms with Crippen LogP contribution in [0.4, 0.5) is 0 Å². The van der Waals surface area contributed by atoms with Gasteiger partial charge < -0.3 is 24.8 Å². The second-order valence-electron chi connectivity index (χ2n) is 7.19. The van der Waals surface area contributed by atoms with Crippen molar-refractivity contribution in [2.75, 3.05) is 38.4 Å². The maximum absolute atomic E-state index is 12.7. The topological polar surface area (TPSA) is 85.9 Å². The molecule has 0 aliphatic carbocycles. The number of ether oxygens (including phenoxy) is 3. The highest BCUT2D eigenvalue weighted by Gasteiger charge is 2.20. The van der Waals surface area contributed by atoms with E-state index >= 15 is 0 Å². The maximum Gasteiger partial charge on any atom is 0.258 e. The summed E-state index contributed by atoms with van der Waals surface area (Å²) < 4.78 is 16.7. The minimum atomic E-state index is -0.608. The van der Waals surface area contributed by atoms with Crippen molar-refractivity contribution in [3.05, 3.63) is 54.1 Å². The second kappa shape index (κ2) is 15.1. The molecule has 0 saturated heterocycles. The van der Waals surface area contributed by atoms with Crippen LogP contribution in [0.5, 0.6) is 17.2 Å². The fourth-order valence-corrected chi connectivity index (χ4v) is 3.58. The number of hydrogen-bond donors (Lipinski definition) is 2. The minimum absolute atomic E-state index is 0.139. The fourth-order valence-electron chi connectivity index (χ4n) is 3.11. The van der Waals surface area contributed by atoms with Crippen molar-refractivity contribution in [1.82, 2.24) is 10.6 Å². The van der Waals surface area contributed by atoms with Crippen molar-refractivity contribution >= 4 is 23.6 Å². The summed E-state index contributed by atoms with van der Waals surface area (Å²) >= 11 is 1.63. The lowest BCUT2D eigenvalue weighted by molar-refractivity contribution is -0.130. The molecule has 2 amide bonds. The summed E-state index contributed by atoms with van der Waals surface area (Å²) in [6, 6.07) is 14.3. The van der Waals surface area contributed by atoms with E-state index in [1.165, 1.54) is 0 Å². The number of benzene rings is 2. The van der Waals surface area contributed by atoms with Gasteiger partial charge in [0.15, 0.2) is 18.1 Å². The summed E-state index contributed by atoms with van der Waals surface area (Å²) in [6.07, 6.45) is 3.15. The molecule has 0 fully saturated rings. The molecule has 180 valence electrons. The van der Waals surface area contributed by atoms with Crippen molar-refractivity contribution in [3.63, 3.8) is 0 Å². The first-order valence-electron chi connectivity index (χ1n) is 11.2. The highest BCUT2D eigenvalue weighted by molar-refractivity contribution is 7.98. The zero-order chi connectivity index (χ0) is 23.9. The lowest BCUT2D eigenvalue weighted by atomic mass is 10.1. The summed E-state index contributed by atoms with van der Waals surface area (Å²) in [5.74, 6) is 2.26. The fraction of sp³-hybridized carbons (Fsp3) is 0.440. The number of nitrogens with one attached hydrogen (secondary N) is 2. The number of rotatable bonds is 15. The number of carbonyl (C=O) groups is 2. The van der Waals surface area contributed by atoms with E-state index in [1.54, 1.807) is 23.9 Å². The van der Waals surface area contributed by atoms with E-state index in [0.717, 1.165) is 11.3 Å². The van der Waals surface area contributed by atoms with Gasteiger partial charge in [-0.3, -0.25) is 9.59 Å². The molecule has 2 aromatic carbocycles. The molecule has 0 aromatic heterocycles. The van der Waals surface area contributed by atoms with Gasteiger partial charge in [0.1, 0.15) is 11.8 Å². The van der Waals surface area contributed by atoms with Gasteiger partial charge in [-0.2, -0.15) is 11.8 Å². The Labute approximate surface area is 200 Å². The van der Waals surface area contributed by atoms with E-state index in [4.69, 9.17) is 14.2 Å². The van der Waals surface area contributed by atoms with Crippen LogP contribution in [0.1, 0.15) is 25.8 Å². The minimum Gasteiger partial charge on any atom is -0.490 e. The lowest BCUT2D eigenvalue weighted by Gasteiger charge is -2.18. The largest absolute Gasteiger partial charge is 0.490 e. The Hall–Kier alpha value is -2.87. The molecule has 2 N–H and O–H groups in total. The quantitative estimate of drug-likeness (QED) is 0.411. The molecule has 0 aliphatic rings. The number of thioether (sulfide) groups is 1. The highest BCUT2D eigenvalue weighted by atomic mass is 32.2. The van der Waals surface area contributed by atoms with Crippen molar-refractivity contribution < 1.29 is 23.8 Å². The van der Waals surface area contributed by atoms with E-state index in [0.29, 0.717) is 49.8 Å². The van der Waals surface area contributed by atoms with E-state index in [9.17, 15) is 9.59 Å². The van der Waals surface area contributed by atoms with E-state index in [1.807, 2.05) is 56.5 Å². The van der Waals surface area contributed by atoms with Crippen LogP contribution in [-0.4, -0.2) is 56.2 Å². The molecule has 0 heterocycles. The summed E-state index contributed by atoms with van der Waals surface area (Å²) in [5.41, 5.74) is 1.03. The molecular formula is C25H34N2O5S. The molecule has 0 aliphatic heterocycles. The third kappa shape index (κ3) is 9.65. The van der Waals surface area contributed by atoms with Crippen LogP contribution in [-0.2, 0) is 16.0 Å². The van der Waals surface area contributed by atoms with Crippen LogP contribution in [0, 0.1) is 0 Å². The monoisotopic (exact) mass is 474 g/mol. The second-order valence-corrected chi connectivity index (χ2v) is 8.18. The van der Waals surface area contributed by atoms with Gasteiger partial charge in [-0.15, -0.1) is 0 Å². The van der Waals surface area contributed by atoms with E-state index in [-0.39, 0.29) is 18.4 Å². The smallest absolute Gasteiger partial charge is 0.258 e. The van der Waals surface area contributed by atoms with Gasteiger partial charge in [-0.25, -0.2) is 0 Å². The Bertz CT molecular complexity index is 863. The normalized spacial score (nSPS) is 11.4. The summed E-state index contributed by atoms with van der Waals surface area (Å²) in [6.45, 7) is 5.28.